The number of rotatable bonds is 2. The SMILES string of the molecule is CC(C)(C)OC(=O)n1cc(-c2cccc(Cl)n2)c(C2CC2)n1. The molecular weight excluding hydrogens is 302 g/mol. The van der Waals surface area contributed by atoms with Crippen LogP contribution in [0.1, 0.15) is 45.2 Å². The van der Waals surface area contributed by atoms with E-state index in [4.69, 9.17) is 16.3 Å². The van der Waals surface area contributed by atoms with Crippen LogP contribution in [0.2, 0.25) is 5.15 Å². The molecule has 22 heavy (non-hydrogen) atoms. The molecule has 2 aromatic rings. The quantitative estimate of drug-likeness (QED) is 0.776. The normalized spacial score (nSPS) is 14.9. The van der Waals surface area contributed by atoms with Crippen molar-refractivity contribution in [3.8, 4) is 11.3 Å². The highest BCUT2D eigenvalue weighted by molar-refractivity contribution is 6.29. The minimum absolute atomic E-state index is 0.388. The zero-order chi connectivity index (χ0) is 15.9. The van der Waals surface area contributed by atoms with E-state index in [9.17, 15) is 4.79 Å². The van der Waals surface area contributed by atoms with Gasteiger partial charge in [-0.1, -0.05) is 17.7 Å². The first-order valence-electron chi connectivity index (χ1n) is 7.29. The highest BCUT2D eigenvalue weighted by Gasteiger charge is 2.31. The molecule has 0 unspecified atom stereocenters. The van der Waals surface area contributed by atoms with Gasteiger partial charge in [0.1, 0.15) is 10.8 Å². The number of hydrogen-bond acceptors (Lipinski definition) is 4. The van der Waals surface area contributed by atoms with Crippen molar-refractivity contribution in [3.05, 3.63) is 35.2 Å². The lowest BCUT2D eigenvalue weighted by Gasteiger charge is -2.18. The number of carbonyl (C=O) groups excluding carboxylic acids is 1. The van der Waals surface area contributed by atoms with Crippen LogP contribution >= 0.6 is 11.6 Å². The van der Waals surface area contributed by atoms with Crippen LogP contribution in [0.15, 0.2) is 24.4 Å². The van der Waals surface area contributed by atoms with Crippen molar-refractivity contribution in [1.29, 1.82) is 0 Å². The van der Waals surface area contributed by atoms with E-state index >= 15 is 0 Å². The van der Waals surface area contributed by atoms with Gasteiger partial charge >= 0.3 is 6.09 Å². The van der Waals surface area contributed by atoms with E-state index in [1.54, 1.807) is 12.3 Å². The van der Waals surface area contributed by atoms with Crippen molar-refractivity contribution < 1.29 is 9.53 Å². The van der Waals surface area contributed by atoms with Crippen LogP contribution in [0.25, 0.3) is 11.3 Å². The lowest BCUT2D eigenvalue weighted by atomic mass is 10.1. The molecule has 5 nitrogen and oxygen atoms in total. The molecule has 0 atom stereocenters. The smallest absolute Gasteiger partial charge is 0.435 e. The van der Waals surface area contributed by atoms with Crippen LogP contribution in [0, 0.1) is 0 Å². The van der Waals surface area contributed by atoms with Gasteiger partial charge in [0.15, 0.2) is 0 Å². The maximum absolute atomic E-state index is 12.2. The van der Waals surface area contributed by atoms with E-state index < -0.39 is 11.7 Å². The highest BCUT2D eigenvalue weighted by Crippen LogP contribution is 2.43. The molecule has 2 heterocycles. The lowest BCUT2D eigenvalue weighted by molar-refractivity contribution is 0.0514. The second-order valence-corrected chi connectivity index (χ2v) is 6.86. The summed E-state index contributed by atoms with van der Waals surface area (Å²) in [5.74, 6) is 0.388. The predicted octanol–water partition coefficient (Wildman–Crippen LogP) is 4.26. The van der Waals surface area contributed by atoms with Crippen LogP contribution in [0.4, 0.5) is 4.79 Å². The standard InChI is InChI=1S/C16H18ClN3O2/c1-16(2,3)22-15(21)20-9-11(14(19-20)10-7-8-10)12-5-4-6-13(17)18-12/h4-6,9-10H,7-8H2,1-3H3. The molecule has 0 N–H and O–H groups in total. The molecule has 0 radical (unpaired) electrons. The summed E-state index contributed by atoms with van der Waals surface area (Å²) in [7, 11) is 0. The molecule has 0 bridgehead atoms. The fourth-order valence-electron chi connectivity index (χ4n) is 2.20. The van der Waals surface area contributed by atoms with Gasteiger partial charge < -0.3 is 4.74 Å². The molecule has 6 heteroatoms. The van der Waals surface area contributed by atoms with Gasteiger partial charge in [0.05, 0.1) is 11.4 Å². The van der Waals surface area contributed by atoms with Crippen molar-refractivity contribution in [2.45, 2.75) is 45.1 Å². The summed E-state index contributed by atoms with van der Waals surface area (Å²) in [4.78, 5) is 16.5. The Morgan fingerprint density at radius 3 is 2.68 bits per heavy atom. The topological polar surface area (TPSA) is 57.0 Å². The fraction of sp³-hybridized carbons (Fsp3) is 0.438. The molecule has 0 aromatic carbocycles. The minimum Gasteiger partial charge on any atom is -0.442 e. The second-order valence-electron chi connectivity index (χ2n) is 6.47. The van der Waals surface area contributed by atoms with Gasteiger partial charge in [0, 0.05) is 17.7 Å². The van der Waals surface area contributed by atoms with Gasteiger partial charge in [-0.15, -0.1) is 0 Å². The van der Waals surface area contributed by atoms with Crippen molar-refractivity contribution >= 4 is 17.7 Å². The third-order valence-electron chi connectivity index (χ3n) is 3.28. The first-order valence-corrected chi connectivity index (χ1v) is 7.67. The number of carbonyl (C=O) groups is 1. The second kappa shape index (κ2) is 5.39. The summed E-state index contributed by atoms with van der Waals surface area (Å²) < 4.78 is 6.63. The highest BCUT2D eigenvalue weighted by atomic mass is 35.5. The van der Waals surface area contributed by atoms with Crippen LogP contribution in [0.5, 0.6) is 0 Å². The molecule has 0 aliphatic heterocycles. The molecule has 1 saturated carbocycles. The largest absolute Gasteiger partial charge is 0.442 e. The number of hydrogen-bond donors (Lipinski definition) is 0. The van der Waals surface area contributed by atoms with Crippen LogP contribution < -0.4 is 0 Å². The molecule has 0 saturated heterocycles. The Bertz CT molecular complexity index is 714. The Labute approximate surface area is 134 Å². The molecule has 1 aliphatic carbocycles. The Morgan fingerprint density at radius 2 is 2.09 bits per heavy atom. The summed E-state index contributed by atoms with van der Waals surface area (Å²) in [6, 6.07) is 5.43. The van der Waals surface area contributed by atoms with Gasteiger partial charge in [0.2, 0.25) is 0 Å². The number of halogens is 1. The van der Waals surface area contributed by atoms with Crippen LogP contribution in [-0.2, 0) is 4.74 Å². The van der Waals surface area contributed by atoms with Crippen LogP contribution in [-0.4, -0.2) is 26.5 Å². The molecule has 1 fully saturated rings. The Balaban J connectivity index is 1.98. The maximum Gasteiger partial charge on any atom is 0.435 e. The molecule has 1 aliphatic rings. The summed E-state index contributed by atoms with van der Waals surface area (Å²) in [5, 5.41) is 4.84. The summed E-state index contributed by atoms with van der Waals surface area (Å²) in [6.45, 7) is 5.49. The van der Waals surface area contributed by atoms with E-state index in [0.717, 1.165) is 29.8 Å². The first-order chi connectivity index (χ1) is 10.3. The monoisotopic (exact) mass is 319 g/mol. The molecule has 0 spiro atoms. The van der Waals surface area contributed by atoms with E-state index in [0.29, 0.717) is 11.1 Å². The van der Waals surface area contributed by atoms with Gasteiger partial charge in [0.25, 0.3) is 0 Å². The van der Waals surface area contributed by atoms with Crippen LogP contribution in [0.3, 0.4) is 0 Å². The summed E-state index contributed by atoms with van der Waals surface area (Å²) in [6.07, 6.45) is 3.36. The molecular formula is C16H18ClN3O2. The zero-order valence-electron chi connectivity index (χ0n) is 12.8. The predicted molar refractivity (Wildman–Crippen MR) is 84.1 cm³/mol. The Kier molecular flexibility index (Phi) is 3.68. The Hall–Kier alpha value is -1.88. The number of pyridine rings is 1. The van der Waals surface area contributed by atoms with Crippen molar-refractivity contribution in [1.82, 2.24) is 14.8 Å². The molecule has 0 amide bonds. The first kappa shape index (κ1) is 15.0. The Morgan fingerprint density at radius 1 is 1.36 bits per heavy atom. The van der Waals surface area contributed by atoms with Crippen molar-refractivity contribution in [2.75, 3.05) is 0 Å². The van der Waals surface area contributed by atoms with Crippen molar-refractivity contribution in [3.63, 3.8) is 0 Å². The number of ether oxygens (including phenoxy) is 1. The van der Waals surface area contributed by atoms with E-state index in [2.05, 4.69) is 10.1 Å². The van der Waals surface area contributed by atoms with Gasteiger partial charge in [-0.25, -0.2) is 9.78 Å². The summed E-state index contributed by atoms with van der Waals surface area (Å²) in [5.41, 5.74) is 1.90. The third kappa shape index (κ3) is 3.30. The summed E-state index contributed by atoms with van der Waals surface area (Å²) >= 11 is 5.97. The molecule has 3 rings (SSSR count). The fourth-order valence-corrected chi connectivity index (χ4v) is 2.37. The zero-order valence-corrected chi connectivity index (χ0v) is 13.6. The van der Waals surface area contributed by atoms with E-state index in [1.165, 1.54) is 4.68 Å². The minimum atomic E-state index is -0.558. The maximum atomic E-state index is 12.2. The molecule has 116 valence electrons. The molecule has 2 aromatic heterocycles. The van der Waals surface area contributed by atoms with E-state index in [-0.39, 0.29) is 0 Å². The van der Waals surface area contributed by atoms with Gasteiger partial charge in [-0.3, -0.25) is 0 Å². The van der Waals surface area contributed by atoms with Gasteiger partial charge in [-0.2, -0.15) is 9.78 Å². The average molecular weight is 320 g/mol. The third-order valence-corrected chi connectivity index (χ3v) is 3.49. The number of aromatic nitrogens is 3. The van der Waals surface area contributed by atoms with Crippen molar-refractivity contribution in [2.24, 2.45) is 0 Å². The average Bonchev–Trinajstić information content (AvgIpc) is 3.15. The number of nitrogens with zero attached hydrogens (tertiary/aromatic N) is 3. The van der Waals surface area contributed by atoms with E-state index in [1.807, 2.05) is 32.9 Å². The lowest BCUT2D eigenvalue weighted by Crippen LogP contribution is -2.27. The van der Waals surface area contributed by atoms with Gasteiger partial charge in [-0.05, 0) is 45.7 Å².